The highest BCUT2D eigenvalue weighted by Gasteiger charge is 2.31. The molecule has 0 radical (unpaired) electrons. The van der Waals surface area contributed by atoms with Gasteiger partial charge >= 0.3 is 6.09 Å². The fraction of sp³-hybridized carbons (Fsp3) is 0.517. The molecule has 0 spiro atoms. The van der Waals surface area contributed by atoms with Crippen LogP contribution in [0.1, 0.15) is 44.2 Å². The first kappa shape index (κ1) is 29.4. The zero-order valence-electron chi connectivity index (χ0n) is 22.8. The number of benzene rings is 2. The number of aliphatic hydroxyl groups excluding tert-OH is 1. The lowest BCUT2D eigenvalue weighted by Crippen LogP contribution is -2.57. The highest BCUT2D eigenvalue weighted by atomic mass is 16.5. The molecule has 3 rings (SSSR count). The first-order chi connectivity index (χ1) is 18.3. The Kier molecular flexibility index (Phi) is 11.4. The van der Waals surface area contributed by atoms with Crippen LogP contribution in [-0.4, -0.2) is 67.0 Å². The van der Waals surface area contributed by atoms with Gasteiger partial charge in [0.1, 0.15) is 6.04 Å². The molecule has 1 fully saturated rings. The van der Waals surface area contributed by atoms with Crippen LogP contribution in [0.15, 0.2) is 54.6 Å². The van der Waals surface area contributed by atoms with Gasteiger partial charge in [0.05, 0.1) is 19.3 Å². The molecule has 38 heavy (non-hydrogen) atoms. The first-order valence-corrected chi connectivity index (χ1v) is 13.5. The molecule has 0 aliphatic carbocycles. The van der Waals surface area contributed by atoms with Gasteiger partial charge in [-0.25, -0.2) is 9.80 Å². The smallest absolute Gasteiger partial charge is 0.407 e. The van der Waals surface area contributed by atoms with Crippen molar-refractivity contribution in [3.05, 3.63) is 65.7 Å². The fourth-order valence-corrected chi connectivity index (χ4v) is 4.77. The lowest BCUT2D eigenvalue weighted by Gasteiger charge is -2.30. The summed E-state index contributed by atoms with van der Waals surface area (Å²) in [6.07, 6.45) is 1.94. The Bertz CT molecular complexity index is 998. The number of hydrazine groups is 1. The van der Waals surface area contributed by atoms with Gasteiger partial charge in [-0.2, -0.15) is 0 Å². The summed E-state index contributed by atoms with van der Waals surface area (Å²) < 4.78 is 4.71. The molecule has 0 bridgehead atoms. The molecule has 2 aromatic rings. The summed E-state index contributed by atoms with van der Waals surface area (Å²) in [4.78, 5) is 27.5. The molecular weight excluding hydrogens is 482 g/mol. The summed E-state index contributed by atoms with van der Waals surface area (Å²) in [6, 6.07) is 16.6. The van der Waals surface area contributed by atoms with Crippen LogP contribution in [0.3, 0.4) is 0 Å². The Balaban J connectivity index is 1.66. The summed E-state index contributed by atoms with van der Waals surface area (Å²) in [5.41, 5.74) is 3.24. The third kappa shape index (κ3) is 8.72. The minimum Gasteiger partial charge on any atom is -0.453 e. The van der Waals surface area contributed by atoms with Gasteiger partial charge in [0.25, 0.3) is 0 Å². The molecular formula is C29H43N5O4. The van der Waals surface area contributed by atoms with Gasteiger partial charge in [-0.05, 0) is 48.4 Å². The van der Waals surface area contributed by atoms with Crippen LogP contribution in [0.2, 0.25) is 0 Å². The Morgan fingerprint density at radius 2 is 1.71 bits per heavy atom. The minimum atomic E-state index is -0.941. The van der Waals surface area contributed by atoms with E-state index >= 15 is 0 Å². The van der Waals surface area contributed by atoms with E-state index in [0.717, 1.165) is 24.2 Å². The molecule has 1 aliphatic rings. The van der Waals surface area contributed by atoms with Crippen molar-refractivity contribution in [1.82, 2.24) is 15.6 Å². The van der Waals surface area contributed by atoms with Gasteiger partial charge in [0.2, 0.25) is 5.91 Å². The molecule has 1 aliphatic heterocycles. The molecule has 2 amide bonds. The van der Waals surface area contributed by atoms with Crippen molar-refractivity contribution in [3.63, 3.8) is 0 Å². The third-order valence-corrected chi connectivity index (χ3v) is 7.26. The Labute approximate surface area is 226 Å². The molecule has 1 saturated heterocycles. The molecule has 5 N–H and O–H groups in total. The van der Waals surface area contributed by atoms with Crippen molar-refractivity contribution >= 4 is 17.7 Å². The number of nitrogens with zero attached hydrogens (tertiary/aromatic N) is 2. The molecule has 9 nitrogen and oxygen atoms in total. The average molecular weight is 526 g/mol. The number of hydrogen-bond acceptors (Lipinski definition) is 7. The van der Waals surface area contributed by atoms with E-state index in [1.165, 1.54) is 25.6 Å². The van der Waals surface area contributed by atoms with E-state index < -0.39 is 24.3 Å². The number of carbonyl (C=O) groups excluding carboxylic acids is 2. The third-order valence-electron chi connectivity index (χ3n) is 7.26. The van der Waals surface area contributed by atoms with E-state index in [-0.39, 0.29) is 18.4 Å². The number of rotatable bonds is 13. The van der Waals surface area contributed by atoms with E-state index in [4.69, 9.17) is 10.6 Å². The fourth-order valence-electron chi connectivity index (χ4n) is 4.77. The molecule has 9 heteroatoms. The molecule has 0 saturated carbocycles. The predicted molar refractivity (Wildman–Crippen MR) is 149 cm³/mol. The normalized spacial score (nSPS) is 16.5. The summed E-state index contributed by atoms with van der Waals surface area (Å²) in [7, 11) is 1.26. The van der Waals surface area contributed by atoms with Crippen LogP contribution in [0.25, 0.3) is 0 Å². The summed E-state index contributed by atoms with van der Waals surface area (Å²) in [6.45, 7) is 6.64. The van der Waals surface area contributed by atoms with Gasteiger partial charge in [-0.1, -0.05) is 62.7 Å². The van der Waals surface area contributed by atoms with Crippen molar-refractivity contribution in [1.29, 1.82) is 0 Å². The van der Waals surface area contributed by atoms with Crippen LogP contribution >= 0.6 is 0 Å². The number of ether oxygens (including phenoxy) is 1. The number of anilines is 1. The number of hydrogen-bond donors (Lipinski definition) is 4. The predicted octanol–water partition coefficient (Wildman–Crippen LogP) is 2.82. The second-order valence-corrected chi connectivity index (χ2v) is 10.2. The lowest BCUT2D eigenvalue weighted by atomic mass is 9.96. The van der Waals surface area contributed by atoms with Crippen LogP contribution < -0.4 is 21.4 Å². The second-order valence-electron chi connectivity index (χ2n) is 10.2. The van der Waals surface area contributed by atoms with Crippen molar-refractivity contribution in [2.75, 3.05) is 31.6 Å². The van der Waals surface area contributed by atoms with Crippen LogP contribution in [0.4, 0.5) is 10.5 Å². The first-order valence-electron chi connectivity index (χ1n) is 13.5. The van der Waals surface area contributed by atoms with Crippen molar-refractivity contribution in [2.45, 2.75) is 64.3 Å². The zero-order valence-corrected chi connectivity index (χ0v) is 22.8. The van der Waals surface area contributed by atoms with E-state index in [1.54, 1.807) is 5.01 Å². The quantitative estimate of drug-likeness (QED) is 0.234. The molecule has 2 aromatic carbocycles. The maximum Gasteiger partial charge on any atom is 0.407 e. The monoisotopic (exact) mass is 525 g/mol. The highest BCUT2D eigenvalue weighted by molar-refractivity contribution is 5.86. The molecule has 0 unspecified atom stereocenters. The number of methoxy groups -OCH3 is 1. The Morgan fingerprint density at radius 3 is 2.32 bits per heavy atom. The number of amides is 2. The molecule has 4 atom stereocenters. The maximum absolute atomic E-state index is 13.3. The number of carbonyl (C=O) groups is 2. The number of alkyl carbamates (subject to hydrolysis) is 1. The van der Waals surface area contributed by atoms with Crippen LogP contribution in [0, 0.1) is 5.92 Å². The Morgan fingerprint density at radius 1 is 1.05 bits per heavy atom. The van der Waals surface area contributed by atoms with Gasteiger partial charge in [-0.15, -0.1) is 0 Å². The Hall–Kier alpha value is -3.14. The van der Waals surface area contributed by atoms with E-state index in [0.29, 0.717) is 19.4 Å². The molecule has 208 valence electrons. The lowest BCUT2D eigenvalue weighted by molar-refractivity contribution is -0.126. The number of aliphatic hydroxyl groups is 1. The number of nitrogens with one attached hydrogen (secondary N) is 2. The van der Waals surface area contributed by atoms with Crippen molar-refractivity contribution in [2.24, 2.45) is 11.8 Å². The average Bonchev–Trinajstić information content (AvgIpc) is 3.46. The van der Waals surface area contributed by atoms with Gasteiger partial charge in [-0.3, -0.25) is 10.6 Å². The van der Waals surface area contributed by atoms with Gasteiger partial charge < -0.3 is 25.4 Å². The number of nitrogens with two attached hydrogens (primary N) is 1. The standard InChI is InChI=1S/C29H43N5O4/c1-4-21(2)27(32-29(37)38-3)28(36)31-25(18-22-10-6-5-7-11-22)26(35)20-34(30)19-23-12-14-24(15-13-23)33-16-8-9-17-33/h5-7,10-15,21,25-27,35H,4,8-9,16-20,30H2,1-3H3,(H,31,36)(H,32,37)/t21-,25-,26-,27-/m0/s1. The zero-order chi connectivity index (χ0) is 27.5. The molecule has 1 heterocycles. The highest BCUT2D eigenvalue weighted by Crippen LogP contribution is 2.21. The summed E-state index contributed by atoms with van der Waals surface area (Å²) >= 11 is 0. The van der Waals surface area contributed by atoms with Crippen LogP contribution in [-0.2, 0) is 22.5 Å². The van der Waals surface area contributed by atoms with Crippen molar-refractivity contribution in [3.8, 4) is 0 Å². The summed E-state index contributed by atoms with van der Waals surface area (Å²) in [5.74, 6) is 5.82. The van der Waals surface area contributed by atoms with Gasteiger partial charge in [0.15, 0.2) is 0 Å². The maximum atomic E-state index is 13.3. The van der Waals surface area contributed by atoms with Crippen molar-refractivity contribution < 1.29 is 19.4 Å². The van der Waals surface area contributed by atoms with Gasteiger partial charge in [0, 0.05) is 31.9 Å². The molecule has 0 aromatic heterocycles. The van der Waals surface area contributed by atoms with Crippen LogP contribution in [0.5, 0.6) is 0 Å². The van der Waals surface area contributed by atoms with E-state index in [1.807, 2.05) is 44.2 Å². The second kappa shape index (κ2) is 14.7. The minimum absolute atomic E-state index is 0.127. The SMILES string of the molecule is CC[C@H](C)[C@H](NC(=O)OC)C(=O)N[C@@H](Cc1ccccc1)[C@@H](O)CN(N)Cc1ccc(N2CCCC2)cc1. The summed E-state index contributed by atoms with van der Waals surface area (Å²) in [5, 5.41) is 18.4. The topological polar surface area (TPSA) is 120 Å². The van der Waals surface area contributed by atoms with E-state index in [9.17, 15) is 14.7 Å². The van der Waals surface area contributed by atoms with E-state index in [2.05, 4.69) is 39.8 Å². The largest absolute Gasteiger partial charge is 0.453 e.